The number of nitriles is 1. The van der Waals surface area contributed by atoms with E-state index in [-0.39, 0.29) is 11.3 Å². The maximum absolute atomic E-state index is 12.0. The second-order valence-electron chi connectivity index (χ2n) is 29.0. The van der Waals surface area contributed by atoms with Gasteiger partial charge in [0.1, 0.15) is 28.8 Å². The molecule has 106 heavy (non-hydrogen) atoms. The topological polar surface area (TPSA) is 108 Å². The lowest BCUT2D eigenvalue weighted by Gasteiger charge is -2.22. The van der Waals surface area contributed by atoms with Crippen molar-refractivity contribution in [2.24, 2.45) is 7.05 Å². The van der Waals surface area contributed by atoms with Crippen LogP contribution in [-0.4, -0.2) is 49.0 Å². The summed E-state index contributed by atoms with van der Waals surface area (Å²) in [6, 6.07) is 46.6. The molecule has 0 atom stereocenters. The summed E-state index contributed by atoms with van der Waals surface area (Å²) in [5, 5.41) is 15.8. The summed E-state index contributed by atoms with van der Waals surface area (Å²) in [4.78, 5) is 24.7. The standard InChI is InChI=1S/C91H109BCl4N8O2/c1-5-7-9-11-13-15-17-19-21-23-25-27-29-31-33-35-37-45-59-105-72-55-51-68(52-56-72)88-85-86(90(103(88)4)74(65-97)83-66-99-79-61-75(93)77(95)63-81(79)101-83)89(69-53-57-73(58-54-69)106-60-46-38-36-34-32-30-28-26-24-22-20-18-16-14-12-10-8-6-2)104(92(70-47-41-39-42-48-70)71-49-43-40-44-50-71)91(85)87(98-3)84-67-100-80-62-76(94)78(96)64-82(80)102-84/h39-44,47-58,61-64,66-67H,5-38,45-46,59-60H2,1-2,4H3/b90-74-,91-87+. The Morgan fingerprint density at radius 1 is 0.425 bits per heavy atom. The van der Waals surface area contributed by atoms with Crippen LogP contribution < -0.4 is 31.1 Å². The summed E-state index contributed by atoms with van der Waals surface area (Å²) in [5.74, 6) is 1.50. The normalized spacial score (nSPS) is 12.1. The van der Waals surface area contributed by atoms with Crippen molar-refractivity contribution in [3.63, 3.8) is 0 Å². The fourth-order valence-corrected chi connectivity index (χ4v) is 15.8. The molecule has 0 bridgehead atoms. The van der Waals surface area contributed by atoms with E-state index in [1.54, 1.807) is 36.7 Å². The molecule has 10 rings (SSSR count). The number of fused-ring (bicyclic) bond motifs is 3. The van der Waals surface area contributed by atoms with Gasteiger partial charge in [-0.05, 0) is 96.8 Å². The number of halogens is 4. The molecule has 0 unspecified atom stereocenters. The van der Waals surface area contributed by atoms with Gasteiger partial charge in [-0.2, -0.15) is 5.26 Å². The van der Waals surface area contributed by atoms with E-state index < -0.39 is 6.85 Å². The molecule has 0 aliphatic carbocycles. The van der Waals surface area contributed by atoms with E-state index in [9.17, 15) is 11.8 Å². The van der Waals surface area contributed by atoms with Crippen molar-refractivity contribution in [1.29, 1.82) is 5.26 Å². The minimum atomic E-state index is -0.572. The van der Waals surface area contributed by atoms with Crippen molar-refractivity contribution in [3.8, 4) is 40.1 Å². The van der Waals surface area contributed by atoms with E-state index in [4.69, 9.17) is 75.8 Å². The molecule has 556 valence electrons. The van der Waals surface area contributed by atoms with Crippen molar-refractivity contribution in [2.45, 2.75) is 245 Å². The molecule has 4 heterocycles. The zero-order chi connectivity index (χ0) is 74.1. The van der Waals surface area contributed by atoms with Crippen molar-refractivity contribution in [3.05, 3.63) is 199 Å². The van der Waals surface area contributed by atoms with Gasteiger partial charge in [0.15, 0.2) is 0 Å². The molecule has 6 aromatic carbocycles. The van der Waals surface area contributed by atoms with Gasteiger partial charge in [-0.15, -0.1) is 0 Å². The molecular formula is C91H109BCl4N8O2. The van der Waals surface area contributed by atoms with Crippen LogP contribution in [0.2, 0.25) is 20.1 Å². The number of hydrogen-bond acceptors (Lipinski definition) is 7. The van der Waals surface area contributed by atoms with Crippen LogP contribution in [0.1, 0.15) is 256 Å². The number of aromatic nitrogens is 6. The van der Waals surface area contributed by atoms with E-state index in [1.165, 1.54) is 205 Å². The van der Waals surface area contributed by atoms with Crippen molar-refractivity contribution in [2.75, 3.05) is 13.2 Å². The minimum absolute atomic E-state index is 0.219. The zero-order valence-corrected chi connectivity index (χ0v) is 66.2. The maximum atomic E-state index is 12.0. The van der Waals surface area contributed by atoms with E-state index in [0.717, 1.165) is 70.6 Å². The first-order valence-electron chi connectivity index (χ1n) is 40.2. The molecule has 0 aliphatic rings. The summed E-state index contributed by atoms with van der Waals surface area (Å²) >= 11 is 26.6. The third-order valence-electron chi connectivity index (χ3n) is 21.0. The lowest BCUT2D eigenvalue weighted by molar-refractivity contribution is 0.304. The fraction of sp³-hybridized carbons (Fsp3) is 0.451. The van der Waals surface area contributed by atoms with Crippen LogP contribution in [0, 0.1) is 17.9 Å². The first kappa shape index (κ1) is 80.9. The van der Waals surface area contributed by atoms with Gasteiger partial charge in [-0.3, -0.25) is 15.0 Å². The number of hydrogen-bond donors (Lipinski definition) is 0. The second kappa shape index (κ2) is 44.0. The first-order chi connectivity index (χ1) is 52.1. The van der Waals surface area contributed by atoms with E-state index >= 15 is 0 Å². The molecule has 0 saturated carbocycles. The van der Waals surface area contributed by atoms with Gasteiger partial charge in [0, 0.05) is 35.1 Å². The van der Waals surface area contributed by atoms with Gasteiger partial charge in [0.05, 0.1) is 84.9 Å². The van der Waals surface area contributed by atoms with Crippen LogP contribution in [0.15, 0.2) is 146 Å². The summed E-state index contributed by atoms with van der Waals surface area (Å²) in [7, 11) is 1.98. The minimum Gasteiger partial charge on any atom is -0.494 e. The third-order valence-corrected chi connectivity index (χ3v) is 22.4. The SMILES string of the molecule is [C-]#[N+]/C(c1cnc2cc(Cl)c(Cl)cc2n1)=c1\c2c(-c3ccc(OCCCCCCCCCCCCCCCCCCCC)cc3)n(C)/c(=C(/C#N)c3cnc4cc(Cl)c(Cl)cc4n3)c2c(-c2ccc(OCCCCCCCCCCCCCCCCCCCC)cc2)n1B(c1ccccc1)c1ccccc1. The Hall–Kier alpha value is -7.64. The van der Waals surface area contributed by atoms with E-state index in [1.807, 2.05) is 67.7 Å². The second-order valence-corrected chi connectivity index (χ2v) is 30.7. The number of nitrogens with zero attached hydrogens (tertiary/aromatic N) is 8. The van der Waals surface area contributed by atoms with Crippen molar-refractivity contribution < 1.29 is 9.47 Å². The van der Waals surface area contributed by atoms with Crippen LogP contribution in [-0.2, 0) is 7.05 Å². The molecule has 0 aliphatic heterocycles. The summed E-state index contributed by atoms with van der Waals surface area (Å²) < 4.78 is 17.5. The molecule has 0 fully saturated rings. The highest BCUT2D eigenvalue weighted by molar-refractivity contribution is 6.84. The quantitative estimate of drug-likeness (QED) is 0.0212. The molecule has 0 amide bonds. The summed E-state index contributed by atoms with van der Waals surface area (Å²) in [6.45, 7) is 14.7. The Bertz CT molecular complexity index is 4550. The average Bonchev–Trinajstić information content (AvgIpc) is 1.53. The van der Waals surface area contributed by atoms with Gasteiger partial charge in [0.2, 0.25) is 5.70 Å². The highest BCUT2D eigenvalue weighted by atomic mass is 35.5. The van der Waals surface area contributed by atoms with Crippen molar-refractivity contribution in [1.82, 2.24) is 29.0 Å². The van der Waals surface area contributed by atoms with Crippen LogP contribution in [0.5, 0.6) is 11.5 Å². The molecule has 15 heteroatoms. The maximum Gasteiger partial charge on any atom is 0.327 e. The largest absolute Gasteiger partial charge is 0.494 e. The predicted molar refractivity (Wildman–Crippen MR) is 449 cm³/mol. The monoisotopic (exact) mass is 1500 g/mol. The number of benzene rings is 6. The average molecular weight is 1500 g/mol. The van der Waals surface area contributed by atoms with E-state index in [2.05, 4.69) is 82.3 Å². The predicted octanol–water partition coefficient (Wildman–Crippen LogP) is 25.1. The lowest BCUT2D eigenvalue weighted by atomic mass is 9.50. The third kappa shape index (κ3) is 22.7. The molecule has 0 saturated heterocycles. The Kier molecular flexibility index (Phi) is 33.6. The fourth-order valence-electron chi connectivity index (χ4n) is 15.2. The molecular weight excluding hydrogens is 1390 g/mol. The molecule has 0 radical (unpaired) electrons. The first-order valence-corrected chi connectivity index (χ1v) is 41.7. The molecule has 0 spiro atoms. The summed E-state index contributed by atoms with van der Waals surface area (Å²) in [6.07, 6.45) is 50.8. The highest BCUT2D eigenvalue weighted by Crippen LogP contribution is 2.38. The van der Waals surface area contributed by atoms with Gasteiger partial charge in [0.25, 0.3) is 0 Å². The van der Waals surface area contributed by atoms with Gasteiger partial charge in [-0.25, -0.2) is 9.83 Å². The van der Waals surface area contributed by atoms with E-state index in [0.29, 0.717) is 88.2 Å². The highest BCUT2D eigenvalue weighted by Gasteiger charge is 2.34. The molecule has 10 aromatic rings. The van der Waals surface area contributed by atoms with Crippen LogP contribution in [0.25, 0.3) is 71.5 Å². The van der Waals surface area contributed by atoms with Gasteiger partial charge >= 0.3 is 6.85 Å². The van der Waals surface area contributed by atoms with Crippen LogP contribution in [0.4, 0.5) is 0 Å². The van der Waals surface area contributed by atoms with Gasteiger partial charge < -0.3 is 18.5 Å². The Morgan fingerprint density at radius 2 is 0.755 bits per heavy atom. The van der Waals surface area contributed by atoms with Crippen molar-refractivity contribution >= 4 is 108 Å². The van der Waals surface area contributed by atoms with Crippen LogP contribution >= 0.6 is 46.4 Å². The van der Waals surface area contributed by atoms with Crippen LogP contribution in [0.3, 0.4) is 0 Å². The van der Waals surface area contributed by atoms with Gasteiger partial charge in [-0.1, -0.05) is 350 Å². The molecule has 4 aromatic heterocycles. The Labute approximate surface area is 652 Å². The molecule has 0 N–H and O–H groups in total. The number of ether oxygens (including phenoxy) is 2. The lowest BCUT2D eigenvalue weighted by Crippen LogP contribution is -2.53. The Balaban J connectivity index is 0.994. The zero-order valence-electron chi connectivity index (χ0n) is 63.2. The smallest absolute Gasteiger partial charge is 0.327 e. The summed E-state index contributed by atoms with van der Waals surface area (Å²) in [5.41, 5.74) is 8.11. The number of rotatable bonds is 47. The number of unbranched alkanes of at least 4 members (excludes halogenated alkanes) is 34. The Morgan fingerprint density at radius 3 is 1.12 bits per heavy atom. The molecule has 10 nitrogen and oxygen atoms in total.